The van der Waals surface area contributed by atoms with Gasteiger partial charge < -0.3 is 25.4 Å². The van der Waals surface area contributed by atoms with E-state index in [9.17, 15) is 15.3 Å². The van der Waals surface area contributed by atoms with Crippen LogP contribution in [0, 0.1) is 22.7 Å². The molecule has 10 heteroatoms. The number of amides is 1. The molecular weight excluding hydrogens is 452 g/mol. The third-order valence-corrected chi connectivity index (χ3v) is 6.78. The Labute approximate surface area is 203 Å². The second-order valence-corrected chi connectivity index (χ2v) is 8.75. The van der Waals surface area contributed by atoms with Crippen LogP contribution >= 0.6 is 11.8 Å². The van der Waals surface area contributed by atoms with Crippen LogP contribution in [0.15, 0.2) is 29.3 Å². The maximum Gasteiger partial charge on any atom is 0.252 e. The van der Waals surface area contributed by atoms with Crippen LogP contribution in [0.4, 0.5) is 11.5 Å². The van der Waals surface area contributed by atoms with Crippen LogP contribution in [-0.2, 0) is 21.7 Å². The largest absolute Gasteiger partial charge is 0.387 e. The van der Waals surface area contributed by atoms with E-state index in [2.05, 4.69) is 12.1 Å². The molecule has 0 bridgehead atoms. The Hall–Kier alpha value is -3.15. The number of hydrogen-bond donors (Lipinski definition) is 2. The summed E-state index contributed by atoms with van der Waals surface area (Å²) in [5, 5.41) is 29.4. The van der Waals surface area contributed by atoms with Gasteiger partial charge in [-0.15, -0.1) is 11.8 Å². The Morgan fingerprint density at radius 3 is 2.62 bits per heavy atom. The Morgan fingerprint density at radius 2 is 2.03 bits per heavy atom. The predicted molar refractivity (Wildman–Crippen MR) is 131 cm³/mol. The fourth-order valence-corrected chi connectivity index (χ4v) is 4.75. The van der Waals surface area contributed by atoms with Crippen LogP contribution < -0.4 is 15.5 Å². The van der Waals surface area contributed by atoms with Crippen molar-refractivity contribution in [1.82, 2.24) is 4.98 Å². The number of nitrogens with zero attached hydrogens (tertiary/aromatic N) is 5. The highest BCUT2D eigenvalue weighted by Gasteiger charge is 2.27. The zero-order valence-corrected chi connectivity index (χ0v) is 20.1. The molecule has 0 radical (unpaired) electrons. The van der Waals surface area contributed by atoms with Gasteiger partial charge in [-0.05, 0) is 29.7 Å². The first-order chi connectivity index (χ1) is 16.5. The van der Waals surface area contributed by atoms with Crippen molar-refractivity contribution in [3.8, 4) is 12.1 Å². The molecule has 2 heterocycles. The third-order valence-electron chi connectivity index (χ3n) is 5.74. The molecule has 1 atom stereocenters. The zero-order valence-electron chi connectivity index (χ0n) is 19.3. The lowest BCUT2D eigenvalue weighted by molar-refractivity contribution is -0.120. The lowest BCUT2D eigenvalue weighted by Gasteiger charge is -2.34. The molecule has 9 nitrogen and oxygen atoms in total. The summed E-state index contributed by atoms with van der Waals surface area (Å²) in [5.74, 6) is 0.743. The molecule has 1 saturated heterocycles. The van der Waals surface area contributed by atoms with Crippen LogP contribution in [0.1, 0.15) is 29.2 Å². The highest BCUT2D eigenvalue weighted by Crippen LogP contribution is 2.34. The number of aromatic nitrogens is 1. The average molecular weight is 481 g/mol. The highest BCUT2D eigenvalue weighted by molar-refractivity contribution is 7.98. The van der Waals surface area contributed by atoms with Crippen molar-refractivity contribution in [2.24, 2.45) is 5.73 Å². The van der Waals surface area contributed by atoms with Crippen molar-refractivity contribution in [1.29, 1.82) is 10.5 Å². The summed E-state index contributed by atoms with van der Waals surface area (Å²) >= 11 is 1.44. The minimum Gasteiger partial charge on any atom is -0.387 e. The Bertz CT molecular complexity index is 1110. The molecule has 34 heavy (non-hydrogen) atoms. The van der Waals surface area contributed by atoms with Crippen molar-refractivity contribution in [2.75, 3.05) is 49.7 Å². The number of hydrogen-bond acceptors (Lipinski definition) is 9. The molecule has 1 aliphatic heterocycles. The number of nitriles is 2. The Balaban J connectivity index is 1.90. The topological polar surface area (TPSA) is 140 Å². The van der Waals surface area contributed by atoms with Crippen molar-refractivity contribution >= 4 is 29.2 Å². The van der Waals surface area contributed by atoms with Gasteiger partial charge in [0.15, 0.2) is 0 Å². The number of carbonyl (C=O) groups excluding carboxylic acids is 1. The summed E-state index contributed by atoms with van der Waals surface area (Å²) in [5.41, 5.74) is 9.03. The molecule has 0 spiro atoms. The van der Waals surface area contributed by atoms with Gasteiger partial charge in [-0.25, -0.2) is 4.98 Å². The van der Waals surface area contributed by atoms with E-state index < -0.39 is 6.61 Å². The first kappa shape index (κ1) is 25.5. The van der Waals surface area contributed by atoms with Crippen molar-refractivity contribution < 1.29 is 14.6 Å². The summed E-state index contributed by atoms with van der Waals surface area (Å²) < 4.78 is 5.66. The average Bonchev–Trinajstić information content (AvgIpc) is 2.90. The zero-order chi connectivity index (χ0) is 24.7. The Kier molecular flexibility index (Phi) is 8.85. The second-order valence-electron chi connectivity index (χ2n) is 7.79. The van der Waals surface area contributed by atoms with Gasteiger partial charge in [-0.1, -0.05) is 19.1 Å². The van der Waals surface area contributed by atoms with E-state index in [1.807, 2.05) is 36.1 Å². The van der Waals surface area contributed by atoms with Gasteiger partial charge in [-0.2, -0.15) is 10.5 Å². The maximum atomic E-state index is 11.7. The summed E-state index contributed by atoms with van der Waals surface area (Å²) in [6.07, 6.45) is 0.410. The molecule has 0 saturated carbocycles. The van der Waals surface area contributed by atoms with Gasteiger partial charge in [0.05, 0.1) is 23.8 Å². The van der Waals surface area contributed by atoms with Crippen LogP contribution in [-0.4, -0.2) is 62.0 Å². The molecule has 1 amide bonds. The van der Waals surface area contributed by atoms with E-state index in [4.69, 9.17) is 20.6 Å². The van der Waals surface area contributed by atoms with E-state index in [1.54, 1.807) is 7.05 Å². The number of ether oxygens (including phenoxy) is 1. The number of thioether (sulfide) groups is 1. The van der Waals surface area contributed by atoms with Crippen molar-refractivity contribution in [3.05, 3.63) is 46.5 Å². The Morgan fingerprint density at radius 1 is 1.32 bits per heavy atom. The smallest absolute Gasteiger partial charge is 0.252 e. The standard InChI is InChI=1S/C24H28N6O3S/c1-3-19-20(11-26)23(30-8-9-33-18(10-25)13-30)28-24(21(19)12-27)34-15-16-4-6-17(7-5-16)29(2)22(32)14-31/h4-7,18,31H,3,8-10,13-15,25H2,1-2H3. The van der Waals surface area contributed by atoms with E-state index in [0.29, 0.717) is 71.6 Å². The van der Waals surface area contributed by atoms with Gasteiger partial charge >= 0.3 is 0 Å². The number of benzene rings is 1. The number of pyridine rings is 1. The van der Waals surface area contributed by atoms with Gasteiger partial charge in [0.2, 0.25) is 0 Å². The fraction of sp³-hybridized carbons (Fsp3) is 0.417. The SMILES string of the molecule is CCc1c(C#N)c(SCc2ccc(N(C)C(=O)CO)cc2)nc(N2CCOC(CN)C2)c1C#N. The van der Waals surface area contributed by atoms with E-state index >= 15 is 0 Å². The van der Waals surface area contributed by atoms with Gasteiger partial charge in [0.25, 0.3) is 5.91 Å². The molecule has 1 unspecified atom stereocenters. The summed E-state index contributed by atoms with van der Waals surface area (Å²) in [6.45, 7) is 3.40. The molecule has 0 aliphatic carbocycles. The first-order valence-corrected chi connectivity index (χ1v) is 12.0. The van der Waals surface area contributed by atoms with E-state index in [-0.39, 0.29) is 12.0 Å². The maximum absolute atomic E-state index is 11.7. The number of nitrogens with two attached hydrogens (primary N) is 1. The second kappa shape index (κ2) is 11.8. The molecule has 178 valence electrons. The number of aliphatic hydroxyl groups is 1. The number of rotatable bonds is 8. The lowest BCUT2D eigenvalue weighted by atomic mass is 10.0. The predicted octanol–water partition coefficient (Wildman–Crippen LogP) is 1.80. The molecule has 3 rings (SSSR count). The highest BCUT2D eigenvalue weighted by atomic mass is 32.2. The number of carbonyl (C=O) groups is 1. The van der Waals surface area contributed by atoms with Crippen LogP contribution in [0.5, 0.6) is 0 Å². The summed E-state index contributed by atoms with van der Waals surface area (Å²) in [6, 6.07) is 11.9. The van der Waals surface area contributed by atoms with Crippen molar-refractivity contribution in [2.45, 2.75) is 30.2 Å². The van der Waals surface area contributed by atoms with E-state index in [1.165, 1.54) is 16.7 Å². The molecule has 2 aromatic rings. The number of morpholine rings is 1. The van der Waals surface area contributed by atoms with Gasteiger partial charge in [-0.3, -0.25) is 4.79 Å². The molecule has 1 fully saturated rings. The summed E-state index contributed by atoms with van der Waals surface area (Å²) in [4.78, 5) is 19.9. The summed E-state index contributed by atoms with van der Waals surface area (Å²) in [7, 11) is 1.61. The third kappa shape index (κ3) is 5.49. The quantitative estimate of drug-likeness (QED) is 0.541. The first-order valence-electron chi connectivity index (χ1n) is 11.0. The molecule has 1 aromatic carbocycles. The normalized spacial score (nSPS) is 15.5. The van der Waals surface area contributed by atoms with Gasteiger partial charge in [0, 0.05) is 38.1 Å². The van der Waals surface area contributed by atoms with Gasteiger partial charge in [0.1, 0.15) is 29.6 Å². The van der Waals surface area contributed by atoms with E-state index in [0.717, 1.165) is 5.56 Å². The minimum atomic E-state index is -0.549. The number of aliphatic hydroxyl groups excluding tert-OH is 1. The fourth-order valence-electron chi connectivity index (χ4n) is 3.79. The van der Waals surface area contributed by atoms with Crippen LogP contribution in [0.2, 0.25) is 0 Å². The number of likely N-dealkylation sites (N-methyl/N-ethyl adjacent to an activating group) is 1. The molecule has 1 aromatic heterocycles. The molecule has 3 N–H and O–H groups in total. The number of anilines is 2. The van der Waals surface area contributed by atoms with Crippen molar-refractivity contribution in [3.63, 3.8) is 0 Å². The van der Waals surface area contributed by atoms with Crippen LogP contribution in [0.25, 0.3) is 0 Å². The molecular formula is C24H28N6O3S. The molecule has 1 aliphatic rings. The minimum absolute atomic E-state index is 0.131. The lowest BCUT2D eigenvalue weighted by Crippen LogP contribution is -2.46. The monoisotopic (exact) mass is 480 g/mol. The van der Waals surface area contributed by atoms with Crippen LogP contribution in [0.3, 0.4) is 0 Å².